The molecule has 6 nitrogen and oxygen atoms in total. The minimum atomic E-state index is -0.372. The van der Waals surface area contributed by atoms with E-state index in [4.69, 9.17) is 9.26 Å². The van der Waals surface area contributed by atoms with Crippen LogP contribution >= 0.6 is 0 Å². The van der Waals surface area contributed by atoms with Crippen molar-refractivity contribution in [2.45, 2.75) is 18.9 Å². The van der Waals surface area contributed by atoms with Gasteiger partial charge in [-0.05, 0) is 49.2 Å². The van der Waals surface area contributed by atoms with E-state index in [1.54, 1.807) is 12.0 Å². The first-order chi connectivity index (χ1) is 13.2. The van der Waals surface area contributed by atoms with Crippen molar-refractivity contribution >= 4 is 5.91 Å². The van der Waals surface area contributed by atoms with Crippen LogP contribution in [0.2, 0.25) is 0 Å². The molecule has 1 unspecified atom stereocenters. The molecule has 0 N–H and O–H groups in total. The number of carbonyl (C=O) groups is 1. The fraction of sp³-hybridized carbons (Fsp3) is 0.250. The van der Waals surface area contributed by atoms with Gasteiger partial charge >= 0.3 is 0 Å². The number of hydrogen-bond donors (Lipinski definition) is 0. The van der Waals surface area contributed by atoms with Gasteiger partial charge in [-0.1, -0.05) is 17.3 Å². The molecule has 0 saturated carbocycles. The van der Waals surface area contributed by atoms with Gasteiger partial charge in [-0.15, -0.1) is 0 Å². The summed E-state index contributed by atoms with van der Waals surface area (Å²) in [6, 6.07) is 12.7. The number of para-hydroxylation sites is 1. The van der Waals surface area contributed by atoms with Crippen LogP contribution in [0, 0.1) is 5.82 Å². The molecule has 1 fully saturated rings. The molecule has 1 aliphatic heterocycles. The number of benzene rings is 2. The Morgan fingerprint density at radius 1 is 1.22 bits per heavy atom. The number of methoxy groups -OCH3 is 1. The van der Waals surface area contributed by atoms with Crippen LogP contribution in [0.4, 0.5) is 4.39 Å². The minimum absolute atomic E-state index is 0.172. The summed E-state index contributed by atoms with van der Waals surface area (Å²) in [5, 5.41) is 4.06. The molecule has 0 aliphatic carbocycles. The quantitative estimate of drug-likeness (QED) is 0.700. The molecule has 2 aromatic carbocycles. The van der Waals surface area contributed by atoms with Crippen molar-refractivity contribution in [2.24, 2.45) is 0 Å². The fourth-order valence-electron chi connectivity index (χ4n) is 3.33. The van der Waals surface area contributed by atoms with E-state index in [1.807, 2.05) is 24.3 Å². The van der Waals surface area contributed by atoms with Crippen molar-refractivity contribution < 1.29 is 18.4 Å². The predicted molar refractivity (Wildman–Crippen MR) is 95.7 cm³/mol. The van der Waals surface area contributed by atoms with E-state index >= 15 is 0 Å². The minimum Gasteiger partial charge on any atom is -0.496 e. The first kappa shape index (κ1) is 17.2. The van der Waals surface area contributed by atoms with Gasteiger partial charge in [-0.3, -0.25) is 4.79 Å². The third-order valence-corrected chi connectivity index (χ3v) is 4.68. The summed E-state index contributed by atoms with van der Waals surface area (Å²) in [4.78, 5) is 19.0. The van der Waals surface area contributed by atoms with Gasteiger partial charge in [0.15, 0.2) is 0 Å². The first-order valence-electron chi connectivity index (χ1n) is 8.71. The van der Waals surface area contributed by atoms with Gasteiger partial charge in [0, 0.05) is 12.1 Å². The Balaban J connectivity index is 1.60. The normalized spacial score (nSPS) is 16.5. The lowest BCUT2D eigenvalue weighted by molar-refractivity contribution is 0.0710. The average molecular weight is 367 g/mol. The maximum Gasteiger partial charge on any atom is 0.254 e. The lowest BCUT2D eigenvalue weighted by atomic mass is 10.1. The fourth-order valence-corrected chi connectivity index (χ4v) is 3.33. The van der Waals surface area contributed by atoms with Gasteiger partial charge in [-0.2, -0.15) is 4.98 Å². The highest BCUT2D eigenvalue weighted by atomic mass is 19.1. The topological polar surface area (TPSA) is 68.5 Å². The van der Waals surface area contributed by atoms with Crippen molar-refractivity contribution in [3.05, 3.63) is 65.8 Å². The summed E-state index contributed by atoms with van der Waals surface area (Å²) in [5.74, 6) is 0.917. The molecule has 1 aliphatic rings. The summed E-state index contributed by atoms with van der Waals surface area (Å²) >= 11 is 0. The third kappa shape index (κ3) is 3.28. The second-order valence-corrected chi connectivity index (χ2v) is 6.32. The van der Waals surface area contributed by atoms with Crippen molar-refractivity contribution in [1.82, 2.24) is 15.0 Å². The van der Waals surface area contributed by atoms with Crippen LogP contribution in [0.15, 0.2) is 53.1 Å². The van der Waals surface area contributed by atoms with Gasteiger partial charge in [0.05, 0.1) is 12.7 Å². The molecule has 27 heavy (non-hydrogen) atoms. The Morgan fingerprint density at radius 3 is 2.78 bits per heavy atom. The summed E-state index contributed by atoms with van der Waals surface area (Å²) in [6.45, 7) is 0.591. The summed E-state index contributed by atoms with van der Waals surface area (Å²) in [7, 11) is 1.58. The highest BCUT2D eigenvalue weighted by Crippen LogP contribution is 2.34. The molecule has 0 spiro atoms. The molecule has 1 amide bonds. The van der Waals surface area contributed by atoms with E-state index in [-0.39, 0.29) is 17.8 Å². The van der Waals surface area contributed by atoms with Gasteiger partial charge in [0.2, 0.25) is 11.7 Å². The monoisotopic (exact) mass is 367 g/mol. The van der Waals surface area contributed by atoms with E-state index in [9.17, 15) is 9.18 Å². The van der Waals surface area contributed by atoms with E-state index < -0.39 is 0 Å². The van der Waals surface area contributed by atoms with Gasteiger partial charge < -0.3 is 14.2 Å². The second-order valence-electron chi connectivity index (χ2n) is 6.32. The lowest BCUT2D eigenvalue weighted by Gasteiger charge is -2.21. The molecular formula is C20H18FN3O3. The number of aromatic nitrogens is 2. The van der Waals surface area contributed by atoms with E-state index in [0.717, 1.165) is 18.4 Å². The predicted octanol–water partition coefficient (Wildman–Crippen LogP) is 3.86. The van der Waals surface area contributed by atoms with Crippen molar-refractivity contribution in [1.29, 1.82) is 0 Å². The molecule has 1 saturated heterocycles. The van der Waals surface area contributed by atoms with E-state index in [0.29, 0.717) is 29.6 Å². The van der Waals surface area contributed by atoms with Crippen LogP contribution in [-0.2, 0) is 0 Å². The summed E-state index contributed by atoms with van der Waals surface area (Å²) in [5.41, 5.74) is 1.16. The van der Waals surface area contributed by atoms with Crippen LogP contribution in [0.5, 0.6) is 5.75 Å². The van der Waals surface area contributed by atoms with Gasteiger partial charge in [-0.25, -0.2) is 4.39 Å². The maximum absolute atomic E-state index is 13.1. The Bertz CT molecular complexity index is 955. The van der Waals surface area contributed by atoms with Crippen molar-refractivity contribution in [3.63, 3.8) is 0 Å². The maximum atomic E-state index is 13.1. The summed E-state index contributed by atoms with van der Waals surface area (Å²) in [6.07, 6.45) is 1.57. The number of nitrogens with zero attached hydrogens (tertiary/aromatic N) is 3. The second kappa shape index (κ2) is 7.19. The Morgan fingerprint density at radius 2 is 2.00 bits per heavy atom. The van der Waals surface area contributed by atoms with Crippen LogP contribution in [0.1, 0.15) is 35.1 Å². The Hall–Kier alpha value is -3.22. The molecule has 0 radical (unpaired) electrons. The SMILES string of the molecule is COc1ccccc1-c1noc(C2CCCN2C(=O)c2ccc(F)cc2)n1. The van der Waals surface area contributed by atoms with Crippen molar-refractivity contribution in [3.8, 4) is 17.1 Å². The Labute approximate surface area is 155 Å². The van der Waals surface area contributed by atoms with Crippen molar-refractivity contribution in [2.75, 3.05) is 13.7 Å². The number of amides is 1. The summed E-state index contributed by atoms with van der Waals surface area (Å²) < 4.78 is 23.9. The highest BCUT2D eigenvalue weighted by Gasteiger charge is 2.34. The number of carbonyl (C=O) groups excluding carboxylic acids is 1. The molecule has 2 heterocycles. The van der Waals surface area contributed by atoms with Crippen LogP contribution < -0.4 is 4.74 Å². The average Bonchev–Trinajstić information content (AvgIpc) is 3.37. The number of hydrogen-bond acceptors (Lipinski definition) is 5. The molecule has 138 valence electrons. The third-order valence-electron chi connectivity index (χ3n) is 4.68. The Kier molecular flexibility index (Phi) is 4.58. The smallest absolute Gasteiger partial charge is 0.254 e. The molecule has 0 bridgehead atoms. The number of rotatable bonds is 4. The van der Waals surface area contributed by atoms with E-state index in [1.165, 1.54) is 24.3 Å². The number of ether oxygens (including phenoxy) is 1. The number of likely N-dealkylation sites (tertiary alicyclic amines) is 1. The first-order valence-corrected chi connectivity index (χ1v) is 8.71. The standard InChI is InChI=1S/C20H18FN3O3/c1-26-17-7-3-2-5-15(17)18-22-19(27-23-18)16-6-4-12-24(16)20(25)13-8-10-14(21)11-9-13/h2-3,5,7-11,16H,4,6,12H2,1H3. The van der Waals surface area contributed by atoms with Crippen LogP contribution in [0.25, 0.3) is 11.4 Å². The molecule has 3 aromatic rings. The molecule has 1 aromatic heterocycles. The number of halogens is 1. The van der Waals surface area contributed by atoms with Crippen LogP contribution in [-0.4, -0.2) is 34.6 Å². The lowest BCUT2D eigenvalue weighted by Crippen LogP contribution is -2.30. The van der Waals surface area contributed by atoms with Gasteiger partial charge in [0.1, 0.15) is 17.6 Å². The largest absolute Gasteiger partial charge is 0.496 e. The highest BCUT2D eigenvalue weighted by molar-refractivity contribution is 5.94. The molecule has 7 heteroatoms. The molecular weight excluding hydrogens is 349 g/mol. The van der Waals surface area contributed by atoms with E-state index in [2.05, 4.69) is 10.1 Å². The zero-order chi connectivity index (χ0) is 18.8. The molecule has 1 atom stereocenters. The van der Waals surface area contributed by atoms with Crippen LogP contribution in [0.3, 0.4) is 0 Å². The zero-order valence-corrected chi connectivity index (χ0v) is 14.8. The van der Waals surface area contributed by atoms with Gasteiger partial charge in [0.25, 0.3) is 5.91 Å². The zero-order valence-electron chi connectivity index (χ0n) is 14.8. The molecule has 4 rings (SSSR count).